The van der Waals surface area contributed by atoms with Crippen molar-refractivity contribution in [2.45, 2.75) is 81.9 Å². The van der Waals surface area contributed by atoms with Gasteiger partial charge in [-0.2, -0.15) is 0 Å². The van der Waals surface area contributed by atoms with Gasteiger partial charge in [0.15, 0.2) is 0 Å². The molecule has 3 saturated heterocycles. The number of allylic oxidation sites excluding steroid dienone is 1. The Labute approximate surface area is 282 Å². The maximum atomic E-state index is 14.7. The van der Waals surface area contributed by atoms with Crippen molar-refractivity contribution in [3.8, 4) is 0 Å². The van der Waals surface area contributed by atoms with E-state index in [2.05, 4.69) is 18.5 Å². The first-order valence-electron chi connectivity index (χ1n) is 16.7. The monoisotopic (exact) mass is 657 g/mol. The predicted molar refractivity (Wildman–Crippen MR) is 180 cm³/mol. The second kappa shape index (κ2) is 14.5. The molecule has 2 N–H and O–H groups in total. The molecule has 256 valence electrons. The van der Waals surface area contributed by atoms with Gasteiger partial charge in [-0.05, 0) is 51.2 Å². The number of amides is 3. The van der Waals surface area contributed by atoms with Crippen molar-refractivity contribution in [2.75, 3.05) is 19.7 Å². The van der Waals surface area contributed by atoms with E-state index >= 15 is 0 Å². The Morgan fingerprint density at radius 1 is 1.08 bits per heavy atom. The fraction of sp³-hybridized carbons (Fsp3) is 0.474. The van der Waals surface area contributed by atoms with Crippen molar-refractivity contribution < 1.29 is 33.8 Å². The zero-order valence-corrected chi connectivity index (χ0v) is 28.0. The smallest absolute Gasteiger partial charge is 0.313 e. The number of ether oxygens (including phenoxy) is 2. The maximum absolute atomic E-state index is 14.7. The molecule has 3 amide bonds. The molecule has 0 radical (unpaired) electrons. The van der Waals surface area contributed by atoms with Crippen molar-refractivity contribution in [3.05, 3.63) is 97.1 Å². The average molecular weight is 658 g/mol. The van der Waals surface area contributed by atoms with Crippen molar-refractivity contribution in [3.63, 3.8) is 0 Å². The molecule has 10 heteroatoms. The Kier molecular flexibility index (Phi) is 10.6. The molecule has 1 spiro atoms. The number of rotatable bonds is 14. The molecule has 0 aromatic heterocycles. The number of likely N-dealkylation sites (tertiary alicyclic amines) is 1. The molecule has 3 fully saturated rings. The standard InChI is InChI=1S/C38H47N3O7/c1-6-8-19-30(43)39-23-29(26-17-13-10-14-18-26)47-36(46)31-28-20-21-38(48-28)32(31)34(44)41(27(24-42)25-15-11-9-12-16-25)33(38)35(45)40(22-7-2)37(3,4)5/h6-7,9-18,27-29,31-33,42H,1-2,8,19-24H2,3-5H3,(H,39,43)/t27-,28+,29+,31-,32-,33+,38-/m1/s1. The number of esters is 1. The van der Waals surface area contributed by atoms with Gasteiger partial charge in [0.2, 0.25) is 17.7 Å². The number of hydrogen-bond donors (Lipinski definition) is 2. The van der Waals surface area contributed by atoms with Crippen LogP contribution in [0.3, 0.4) is 0 Å². The molecule has 3 heterocycles. The highest BCUT2D eigenvalue weighted by molar-refractivity contribution is 5.98. The van der Waals surface area contributed by atoms with Crippen LogP contribution in [0.1, 0.15) is 69.7 Å². The number of carbonyl (C=O) groups excluding carboxylic acids is 4. The summed E-state index contributed by atoms with van der Waals surface area (Å²) in [5.41, 5.74) is -0.560. The summed E-state index contributed by atoms with van der Waals surface area (Å²) >= 11 is 0. The van der Waals surface area contributed by atoms with Crippen LogP contribution in [0.4, 0.5) is 0 Å². The maximum Gasteiger partial charge on any atom is 0.313 e. The van der Waals surface area contributed by atoms with Gasteiger partial charge in [-0.15, -0.1) is 13.2 Å². The highest BCUT2D eigenvalue weighted by Crippen LogP contribution is 2.60. The summed E-state index contributed by atoms with van der Waals surface area (Å²) in [6.07, 6.45) is 3.49. The third-order valence-corrected chi connectivity index (χ3v) is 9.81. The van der Waals surface area contributed by atoms with E-state index in [1.807, 2.05) is 81.4 Å². The van der Waals surface area contributed by atoms with Crippen molar-refractivity contribution in [1.82, 2.24) is 15.1 Å². The van der Waals surface area contributed by atoms with Crippen LogP contribution in [0.25, 0.3) is 0 Å². The lowest BCUT2D eigenvalue weighted by atomic mass is 9.70. The molecule has 2 aromatic carbocycles. The topological polar surface area (TPSA) is 125 Å². The number of benzene rings is 2. The highest BCUT2D eigenvalue weighted by atomic mass is 16.6. The summed E-state index contributed by atoms with van der Waals surface area (Å²) in [5, 5.41) is 13.6. The number of aliphatic hydroxyl groups excluding tert-OH is 1. The number of carbonyl (C=O) groups is 4. The first-order valence-corrected chi connectivity index (χ1v) is 16.7. The van der Waals surface area contributed by atoms with Gasteiger partial charge >= 0.3 is 5.97 Å². The summed E-state index contributed by atoms with van der Waals surface area (Å²) in [6.45, 7) is 13.1. The molecular formula is C38H47N3O7. The van der Waals surface area contributed by atoms with Crippen LogP contribution in [0.5, 0.6) is 0 Å². The third-order valence-electron chi connectivity index (χ3n) is 9.81. The van der Waals surface area contributed by atoms with Crippen LogP contribution in [0.15, 0.2) is 86.0 Å². The van der Waals surface area contributed by atoms with Gasteiger partial charge in [0.1, 0.15) is 17.7 Å². The van der Waals surface area contributed by atoms with Gasteiger partial charge < -0.3 is 29.7 Å². The van der Waals surface area contributed by atoms with E-state index in [0.29, 0.717) is 30.4 Å². The van der Waals surface area contributed by atoms with E-state index in [4.69, 9.17) is 9.47 Å². The summed E-state index contributed by atoms with van der Waals surface area (Å²) in [4.78, 5) is 59.3. The van der Waals surface area contributed by atoms with Crippen molar-refractivity contribution in [2.24, 2.45) is 11.8 Å². The fourth-order valence-electron chi connectivity index (χ4n) is 7.62. The number of hydrogen-bond acceptors (Lipinski definition) is 7. The zero-order valence-electron chi connectivity index (χ0n) is 28.0. The summed E-state index contributed by atoms with van der Waals surface area (Å²) in [7, 11) is 0. The largest absolute Gasteiger partial charge is 0.455 e. The lowest BCUT2D eigenvalue weighted by Crippen LogP contribution is -2.60. The fourth-order valence-corrected chi connectivity index (χ4v) is 7.62. The molecule has 48 heavy (non-hydrogen) atoms. The number of nitrogens with zero attached hydrogens (tertiary/aromatic N) is 2. The first-order chi connectivity index (χ1) is 23.0. The number of nitrogens with one attached hydrogen (secondary N) is 1. The van der Waals surface area contributed by atoms with Gasteiger partial charge in [-0.1, -0.05) is 72.8 Å². The van der Waals surface area contributed by atoms with Crippen molar-refractivity contribution >= 4 is 23.7 Å². The Hall–Kier alpha value is -4.28. The molecule has 0 unspecified atom stereocenters. The van der Waals surface area contributed by atoms with Gasteiger partial charge in [0, 0.05) is 18.5 Å². The average Bonchev–Trinajstić information content (AvgIpc) is 3.72. The van der Waals surface area contributed by atoms with E-state index in [9.17, 15) is 24.3 Å². The third kappa shape index (κ3) is 6.56. The Morgan fingerprint density at radius 3 is 2.31 bits per heavy atom. The molecule has 10 nitrogen and oxygen atoms in total. The minimum atomic E-state index is -1.30. The lowest BCUT2D eigenvalue weighted by Gasteiger charge is -2.43. The van der Waals surface area contributed by atoms with Crippen LogP contribution in [-0.2, 0) is 28.7 Å². The quantitative estimate of drug-likeness (QED) is 0.230. The minimum Gasteiger partial charge on any atom is -0.455 e. The zero-order chi connectivity index (χ0) is 34.6. The molecular weight excluding hydrogens is 610 g/mol. The SMILES string of the molecule is C=CCCC(=O)NC[C@H](OC(=O)[C@@H]1[C@@H]2CC[C@]3(O2)[C@H](C(=O)N(CC=C)C(C)(C)C)N([C@H](CO)c2ccccc2)C(=O)[C@@H]13)c1ccccc1. The van der Waals surface area contributed by atoms with Gasteiger partial charge in [-0.25, -0.2) is 0 Å². The number of aliphatic hydroxyl groups is 1. The highest BCUT2D eigenvalue weighted by Gasteiger charge is 2.76. The molecule has 2 bridgehead atoms. The van der Waals surface area contributed by atoms with E-state index in [0.717, 1.165) is 0 Å². The molecule has 3 aliphatic rings. The summed E-state index contributed by atoms with van der Waals surface area (Å²) < 4.78 is 12.8. The van der Waals surface area contributed by atoms with Gasteiger partial charge in [-0.3, -0.25) is 19.2 Å². The van der Waals surface area contributed by atoms with E-state index < -0.39 is 65.8 Å². The van der Waals surface area contributed by atoms with Crippen LogP contribution in [0, 0.1) is 11.8 Å². The molecule has 2 aromatic rings. The Bertz CT molecular complexity index is 1510. The molecule has 0 saturated carbocycles. The summed E-state index contributed by atoms with van der Waals surface area (Å²) in [5.74, 6) is -3.56. The van der Waals surface area contributed by atoms with Crippen LogP contribution >= 0.6 is 0 Å². The first kappa shape index (κ1) is 35.0. The van der Waals surface area contributed by atoms with Crippen LogP contribution in [0.2, 0.25) is 0 Å². The van der Waals surface area contributed by atoms with Gasteiger partial charge in [0.25, 0.3) is 0 Å². The van der Waals surface area contributed by atoms with Crippen LogP contribution < -0.4 is 5.32 Å². The molecule has 7 atom stereocenters. The predicted octanol–water partition coefficient (Wildman–Crippen LogP) is 4.27. The van der Waals surface area contributed by atoms with Crippen LogP contribution in [-0.4, -0.2) is 81.6 Å². The van der Waals surface area contributed by atoms with E-state index in [-0.39, 0.29) is 31.3 Å². The van der Waals surface area contributed by atoms with Crippen molar-refractivity contribution in [1.29, 1.82) is 0 Å². The Balaban J connectivity index is 1.52. The van der Waals surface area contributed by atoms with E-state index in [1.54, 1.807) is 17.1 Å². The normalized spacial score (nSPS) is 25.6. The minimum absolute atomic E-state index is 0.0453. The molecule has 0 aliphatic carbocycles. The second-order valence-corrected chi connectivity index (χ2v) is 13.8. The molecule has 3 aliphatic heterocycles. The summed E-state index contributed by atoms with van der Waals surface area (Å²) in [6, 6.07) is 16.3. The van der Waals surface area contributed by atoms with E-state index in [1.165, 1.54) is 4.90 Å². The molecule has 5 rings (SSSR count). The lowest BCUT2D eigenvalue weighted by molar-refractivity contribution is -0.161. The van der Waals surface area contributed by atoms with Gasteiger partial charge in [0.05, 0.1) is 37.1 Å². The number of fused-ring (bicyclic) bond motifs is 1. The second-order valence-electron chi connectivity index (χ2n) is 13.8. The Morgan fingerprint density at radius 2 is 1.73 bits per heavy atom.